The number of benzene rings is 7. The van der Waals surface area contributed by atoms with Crippen LogP contribution in [0.3, 0.4) is 0 Å². The molecule has 0 fully saturated rings. The molecule has 0 saturated carbocycles. The van der Waals surface area contributed by atoms with Gasteiger partial charge in [0.1, 0.15) is 22.9 Å². The van der Waals surface area contributed by atoms with E-state index in [4.69, 9.17) is 38.9 Å². The predicted octanol–water partition coefficient (Wildman–Crippen LogP) is 16.0. The maximum atomic E-state index is 11.4. The van der Waals surface area contributed by atoms with E-state index in [0.29, 0.717) is 98.7 Å². The van der Waals surface area contributed by atoms with Crippen LogP contribution < -0.4 is 16.2 Å². The largest absolute Gasteiger partial charge is 0.496 e. The van der Waals surface area contributed by atoms with Crippen molar-refractivity contribution in [3.8, 4) is 143 Å². The van der Waals surface area contributed by atoms with Crippen molar-refractivity contribution in [2.24, 2.45) is 0 Å². The molecule has 106 heavy (non-hydrogen) atoms. The molecule has 0 aliphatic heterocycles. The lowest BCUT2D eigenvalue weighted by atomic mass is 10.0. The molecule has 0 bridgehead atoms. The Morgan fingerprint density at radius 1 is 0.377 bits per heavy atom. The smallest absolute Gasteiger partial charge is 0.270 e. The number of carbonyl (C=O) groups is 1. The first-order valence-electron chi connectivity index (χ1n) is 32.9. The molecule has 4 N–H and O–H groups in total. The highest BCUT2D eigenvalue weighted by atomic mass is 16.5. The van der Waals surface area contributed by atoms with Crippen LogP contribution in [-0.2, 0) is 11.2 Å². The fourth-order valence-electron chi connectivity index (χ4n) is 10.8. The van der Waals surface area contributed by atoms with Gasteiger partial charge < -0.3 is 33.9 Å². The number of ether oxygens (including phenoxy) is 1. The second-order valence-corrected chi connectivity index (χ2v) is 23.4. The minimum Gasteiger partial charge on any atom is -0.496 e. The number of ketones is 1. The van der Waals surface area contributed by atoms with Crippen LogP contribution in [0.15, 0.2) is 273 Å². The molecular weight excluding hydrogens is 1340 g/mol. The Morgan fingerprint density at radius 3 is 1.27 bits per heavy atom. The Balaban J connectivity index is 0.000000143. The van der Waals surface area contributed by atoms with Gasteiger partial charge in [-0.15, -0.1) is 40.8 Å². The van der Waals surface area contributed by atoms with E-state index < -0.39 is 0 Å². The minimum absolute atomic E-state index is 0. The molecule has 17 rings (SSSR count). The highest BCUT2D eigenvalue weighted by Crippen LogP contribution is 2.34. The average molecular weight is 1400 g/mol. The van der Waals surface area contributed by atoms with Crippen LogP contribution in [0.2, 0.25) is 0 Å². The number of methoxy groups -OCH3 is 1. The zero-order chi connectivity index (χ0) is 72.7. The van der Waals surface area contributed by atoms with Crippen molar-refractivity contribution in [3.05, 3.63) is 273 Å². The Hall–Kier alpha value is -15.0. The van der Waals surface area contributed by atoms with E-state index in [1.54, 1.807) is 57.4 Å². The van der Waals surface area contributed by atoms with E-state index in [1.165, 1.54) is 0 Å². The van der Waals surface area contributed by atoms with E-state index in [9.17, 15) is 4.79 Å². The molecule has 0 aliphatic carbocycles. The number of aryl methyl sites for hydroxylation is 2. The highest BCUT2D eigenvalue weighted by Gasteiger charge is 2.22. The molecule has 0 radical (unpaired) electrons. The molecule has 0 unspecified atom stereocenters. The van der Waals surface area contributed by atoms with Crippen LogP contribution in [0.5, 0.6) is 5.75 Å². The summed E-state index contributed by atoms with van der Waals surface area (Å²) < 4.78 is 28.6. The van der Waals surface area contributed by atoms with Gasteiger partial charge in [0.25, 0.3) is 23.6 Å². The first kappa shape index (κ1) is 68.2. The third kappa shape index (κ3) is 15.9. The highest BCUT2D eigenvalue weighted by molar-refractivity contribution is 5.84. The number of fused-ring (bicyclic) bond motifs is 1. The molecule has 26 nitrogen and oxygen atoms in total. The Labute approximate surface area is 609 Å². The lowest BCUT2D eigenvalue weighted by Crippen LogP contribution is -1.99. The maximum Gasteiger partial charge on any atom is 0.270 e. The Kier molecular flexibility index (Phi) is 20.4. The summed E-state index contributed by atoms with van der Waals surface area (Å²) in [5, 5.41) is 33.9. The van der Waals surface area contributed by atoms with E-state index in [1.807, 2.05) is 226 Å². The molecule has 10 aromatic heterocycles. The molecule has 26 heteroatoms. The molecule has 7 aromatic carbocycles. The lowest BCUT2D eigenvalue weighted by molar-refractivity contribution is -0.116. The number of carbonyl (C=O) groups excluding carboxylic acids is 1. The topological polar surface area (TPSA) is 363 Å². The van der Waals surface area contributed by atoms with Crippen LogP contribution in [0.25, 0.3) is 148 Å². The number of para-hydroxylation sites is 1. The molecule has 0 aliphatic rings. The van der Waals surface area contributed by atoms with Crippen molar-refractivity contribution in [2.45, 2.75) is 27.2 Å². The van der Waals surface area contributed by atoms with Crippen LogP contribution in [-0.4, -0.2) is 104 Å². The lowest BCUT2D eigenvalue weighted by Gasteiger charge is -2.08. The molecule has 0 atom stereocenters. The fraction of sp³-hybridized carbons (Fsp3) is 0.0625. The summed E-state index contributed by atoms with van der Waals surface area (Å²) in [4.78, 5) is 55.7. The second-order valence-electron chi connectivity index (χ2n) is 23.4. The standard InChI is InChI=1S/C22H18N4O2.C21H14N6O.C20H16N4O2.C17H12N6O.3H2/c1-14(27)11-16-7-6-10-18(12-16)19-13-23-15(2)20(24-19)22-26-25-21(28-22)17-8-4-3-5-9-17;22-19-18(21-27-26-20(28-21)13-5-2-1-3-6-13)25-17(12-24-19)15-8-9-16-14(11-15)7-4-10-23-16;1-13-18(20-24-23-19(26-20)14-8-4-3-5-9-14)22-16(12-21-13)15-10-6-7-11-17(15)25-2;18-15-14(21-13(10-20-15)12-7-4-8-19-9-12)17-23-22-16(24-17)11-5-2-1-3-6-11;;;/h3-10,12-13H,11H2,1-2H3;1-12H,(H2,22,24);3-12H,1-2H3;1-10H,(H2,18,20);3*1H. The normalized spacial score (nSPS) is 10.8. The minimum atomic E-state index is 0. The number of rotatable bonds is 15. The van der Waals surface area contributed by atoms with Crippen LogP contribution >= 0.6 is 0 Å². The number of nitrogens with two attached hydrogens (primary N) is 2. The number of anilines is 2. The SMILES string of the molecule is CC(=O)Cc1cccc(-c2cnc(C)c(-c3nnc(-c4ccccc4)o3)n2)c1.COc1ccccc1-c1cnc(C)c(-c2nnc(-c3ccccc3)o2)n1.Nc1ncc(-c2ccc3ncccc3c2)nc1-c1nnc(-c2ccccc2)o1.Nc1ncc(-c2cccnc2)nc1-c1nnc(-c2ccccc2)o1.[HH].[HH].[HH]. The van der Waals surface area contributed by atoms with Gasteiger partial charge in [-0.25, -0.2) is 29.9 Å². The summed E-state index contributed by atoms with van der Waals surface area (Å²) in [5.41, 5.74) is 26.5. The number of aromatic nitrogens is 18. The fourth-order valence-corrected chi connectivity index (χ4v) is 10.8. The summed E-state index contributed by atoms with van der Waals surface area (Å²) in [6.45, 7) is 5.29. The van der Waals surface area contributed by atoms with Crippen molar-refractivity contribution in [2.75, 3.05) is 18.6 Å². The van der Waals surface area contributed by atoms with Crippen molar-refractivity contribution < 1.29 is 31.5 Å². The number of hydrogen-bond acceptors (Lipinski definition) is 26. The van der Waals surface area contributed by atoms with Gasteiger partial charge in [-0.3, -0.25) is 24.7 Å². The predicted molar refractivity (Wildman–Crippen MR) is 403 cm³/mol. The molecular formula is C80H66N20O6. The summed E-state index contributed by atoms with van der Waals surface area (Å²) in [7, 11) is 1.63. The van der Waals surface area contributed by atoms with Crippen LogP contribution in [0.1, 0.15) is 28.2 Å². The average Bonchev–Trinajstić information content (AvgIpc) is 1.79. The summed E-state index contributed by atoms with van der Waals surface area (Å²) in [6, 6.07) is 67.1. The molecule has 522 valence electrons. The molecule has 0 spiro atoms. The molecule has 17 aromatic rings. The van der Waals surface area contributed by atoms with E-state index in [0.717, 1.165) is 66.7 Å². The summed E-state index contributed by atoms with van der Waals surface area (Å²) >= 11 is 0. The first-order valence-corrected chi connectivity index (χ1v) is 32.9. The van der Waals surface area contributed by atoms with Crippen LogP contribution in [0, 0.1) is 13.8 Å². The number of pyridine rings is 2. The van der Waals surface area contributed by atoms with Gasteiger partial charge in [0, 0.05) is 79.2 Å². The third-order valence-corrected chi connectivity index (χ3v) is 16.0. The first-order chi connectivity index (χ1) is 51.9. The van der Waals surface area contributed by atoms with Crippen molar-refractivity contribution in [3.63, 3.8) is 0 Å². The number of nitrogen functional groups attached to an aromatic ring is 2. The van der Waals surface area contributed by atoms with Gasteiger partial charge in [0.2, 0.25) is 23.6 Å². The number of nitrogens with zero attached hydrogens (tertiary/aromatic N) is 18. The second kappa shape index (κ2) is 31.7. The zero-order valence-electron chi connectivity index (χ0n) is 57.1. The maximum absolute atomic E-state index is 11.4. The van der Waals surface area contributed by atoms with Gasteiger partial charge in [-0.1, -0.05) is 115 Å². The van der Waals surface area contributed by atoms with Gasteiger partial charge in [0.05, 0.1) is 71.6 Å². The van der Waals surface area contributed by atoms with E-state index >= 15 is 0 Å². The molecule has 10 heterocycles. The summed E-state index contributed by atoms with van der Waals surface area (Å²) in [5.74, 6) is 4.11. The number of hydrogen-bond donors (Lipinski definition) is 2. The van der Waals surface area contributed by atoms with Gasteiger partial charge in [-0.2, -0.15) is 0 Å². The molecule has 0 amide bonds. The monoisotopic (exact) mass is 1400 g/mol. The zero-order valence-corrected chi connectivity index (χ0v) is 57.1. The molecule has 0 saturated heterocycles. The number of Topliss-reactive ketones (excluding diaryl/α,β-unsaturated/α-hetero) is 1. The van der Waals surface area contributed by atoms with E-state index in [2.05, 4.69) is 85.6 Å². The van der Waals surface area contributed by atoms with Crippen molar-refractivity contribution in [1.82, 2.24) is 90.6 Å². The third-order valence-electron chi connectivity index (χ3n) is 16.0. The van der Waals surface area contributed by atoms with Crippen LogP contribution in [0.4, 0.5) is 11.6 Å². The quantitative estimate of drug-likeness (QED) is 0.0962. The van der Waals surface area contributed by atoms with Crippen molar-refractivity contribution in [1.29, 1.82) is 0 Å². The van der Waals surface area contributed by atoms with E-state index in [-0.39, 0.29) is 33.5 Å². The Bertz CT molecular complexity index is 5890. The Morgan fingerprint density at radius 2 is 0.783 bits per heavy atom. The summed E-state index contributed by atoms with van der Waals surface area (Å²) in [6.07, 6.45) is 12.2. The van der Waals surface area contributed by atoms with Gasteiger partial charge in [0.15, 0.2) is 23.0 Å². The van der Waals surface area contributed by atoms with Crippen molar-refractivity contribution >= 4 is 28.3 Å². The van der Waals surface area contributed by atoms with Gasteiger partial charge >= 0.3 is 0 Å². The van der Waals surface area contributed by atoms with Gasteiger partial charge in [-0.05, 0) is 123 Å².